The van der Waals surface area contributed by atoms with Gasteiger partial charge in [-0.1, -0.05) is 6.07 Å². The molecule has 4 nitrogen and oxygen atoms in total. The summed E-state index contributed by atoms with van der Waals surface area (Å²) < 4.78 is 6.06. The highest BCUT2D eigenvalue weighted by Crippen LogP contribution is 2.62. The second-order valence-corrected chi connectivity index (χ2v) is 9.96. The lowest BCUT2D eigenvalue weighted by Gasteiger charge is -2.60. The number of nitrogens with one attached hydrogen (secondary N) is 1. The van der Waals surface area contributed by atoms with E-state index in [9.17, 15) is 9.90 Å². The molecule has 0 aliphatic heterocycles. The molecule has 5 saturated carbocycles. The van der Waals surface area contributed by atoms with Gasteiger partial charge in [0.15, 0.2) is 0 Å². The van der Waals surface area contributed by atoms with Gasteiger partial charge in [0.1, 0.15) is 5.75 Å². The van der Waals surface area contributed by atoms with E-state index in [-0.39, 0.29) is 11.3 Å². The normalized spacial score (nSPS) is 37.5. The van der Waals surface area contributed by atoms with Crippen molar-refractivity contribution in [3.63, 3.8) is 0 Å². The van der Waals surface area contributed by atoms with Gasteiger partial charge in [0.05, 0.1) is 11.7 Å². The molecule has 146 valence electrons. The van der Waals surface area contributed by atoms with Crippen molar-refractivity contribution in [3.05, 3.63) is 24.3 Å². The van der Waals surface area contributed by atoms with Crippen molar-refractivity contribution in [1.82, 2.24) is 0 Å². The van der Waals surface area contributed by atoms with Crippen molar-refractivity contribution in [2.75, 3.05) is 5.32 Å². The highest BCUT2D eigenvalue weighted by molar-refractivity contribution is 5.91. The lowest BCUT2D eigenvalue weighted by Crippen LogP contribution is -2.56. The molecule has 2 atom stereocenters. The van der Waals surface area contributed by atoms with E-state index in [0.717, 1.165) is 56.4 Å². The Bertz CT molecular complexity index is 710. The maximum atomic E-state index is 12.8. The number of ether oxygens (including phenoxy) is 1. The molecule has 0 saturated heterocycles. The van der Waals surface area contributed by atoms with Crippen LogP contribution in [0.5, 0.6) is 5.75 Å². The van der Waals surface area contributed by atoms with E-state index < -0.39 is 5.60 Å². The van der Waals surface area contributed by atoms with Crippen molar-refractivity contribution in [3.8, 4) is 5.75 Å². The fourth-order valence-corrected chi connectivity index (χ4v) is 7.00. The first kappa shape index (κ1) is 17.5. The van der Waals surface area contributed by atoms with Gasteiger partial charge >= 0.3 is 0 Å². The highest BCUT2D eigenvalue weighted by atomic mass is 16.5. The minimum Gasteiger partial charge on any atom is -0.490 e. The van der Waals surface area contributed by atoms with E-state index in [0.29, 0.717) is 24.4 Å². The van der Waals surface area contributed by atoms with Crippen LogP contribution in [0.1, 0.15) is 70.6 Å². The fraction of sp³-hybridized carbons (Fsp3) is 0.696. The summed E-state index contributed by atoms with van der Waals surface area (Å²) in [7, 11) is 0. The molecule has 6 rings (SSSR count). The van der Waals surface area contributed by atoms with Gasteiger partial charge < -0.3 is 15.2 Å². The predicted octanol–water partition coefficient (Wildman–Crippen LogP) is 4.67. The SMILES string of the molecule is O=C(CC12C[C@H]3C[C@@H](CC(O)(C3)C1)C2)Nc1cccc(OC2CCCC2)c1. The number of amides is 1. The smallest absolute Gasteiger partial charge is 0.224 e. The zero-order valence-electron chi connectivity index (χ0n) is 16.1. The average molecular weight is 370 g/mol. The maximum Gasteiger partial charge on any atom is 0.224 e. The number of hydrogen-bond acceptors (Lipinski definition) is 3. The summed E-state index contributed by atoms with van der Waals surface area (Å²) in [5.74, 6) is 2.17. The summed E-state index contributed by atoms with van der Waals surface area (Å²) in [6, 6.07) is 7.81. The first-order valence-electron chi connectivity index (χ1n) is 10.8. The summed E-state index contributed by atoms with van der Waals surface area (Å²) in [6.07, 6.45) is 11.8. The first-order chi connectivity index (χ1) is 13.0. The Morgan fingerprint density at radius 3 is 2.59 bits per heavy atom. The third kappa shape index (κ3) is 3.61. The maximum absolute atomic E-state index is 12.8. The minimum atomic E-state index is -0.501. The summed E-state index contributed by atoms with van der Waals surface area (Å²) in [5, 5.41) is 14.0. The van der Waals surface area contributed by atoms with Crippen LogP contribution in [0.15, 0.2) is 24.3 Å². The standard InChI is InChI=1S/C23H31NO3/c25-21(14-22-10-16-8-17(11-22)13-23(26,12-16)15-22)24-18-4-3-7-20(9-18)27-19-5-1-2-6-19/h3-4,7,9,16-17,19,26H,1-2,5-6,8,10-15H2,(H,24,25)/t16-,17-,22?,23?/m1/s1. The van der Waals surface area contributed by atoms with E-state index in [4.69, 9.17) is 4.74 Å². The molecule has 0 spiro atoms. The average Bonchev–Trinajstić information content (AvgIpc) is 3.05. The Balaban J connectivity index is 1.23. The largest absolute Gasteiger partial charge is 0.490 e. The van der Waals surface area contributed by atoms with Gasteiger partial charge in [-0.3, -0.25) is 4.79 Å². The molecule has 0 radical (unpaired) electrons. The summed E-state index contributed by atoms with van der Waals surface area (Å²) >= 11 is 0. The Hall–Kier alpha value is -1.55. The second kappa shape index (κ2) is 6.51. The van der Waals surface area contributed by atoms with Gasteiger partial charge in [-0.15, -0.1) is 0 Å². The van der Waals surface area contributed by atoms with Crippen LogP contribution in [0, 0.1) is 17.3 Å². The molecule has 5 fully saturated rings. The highest BCUT2D eigenvalue weighted by Gasteiger charge is 2.57. The summed E-state index contributed by atoms with van der Waals surface area (Å²) in [6.45, 7) is 0. The van der Waals surface area contributed by atoms with Crippen LogP contribution in [0.3, 0.4) is 0 Å². The monoisotopic (exact) mass is 369 g/mol. The van der Waals surface area contributed by atoms with E-state index in [1.165, 1.54) is 19.3 Å². The van der Waals surface area contributed by atoms with Crippen LogP contribution >= 0.6 is 0 Å². The van der Waals surface area contributed by atoms with Crippen molar-refractivity contribution in [2.45, 2.75) is 82.3 Å². The minimum absolute atomic E-state index is 0.0148. The molecule has 2 N–H and O–H groups in total. The lowest BCUT2D eigenvalue weighted by atomic mass is 9.47. The predicted molar refractivity (Wildman–Crippen MR) is 105 cm³/mol. The van der Waals surface area contributed by atoms with E-state index >= 15 is 0 Å². The van der Waals surface area contributed by atoms with Crippen LogP contribution in [0.4, 0.5) is 5.69 Å². The molecule has 1 aromatic carbocycles. The van der Waals surface area contributed by atoms with Crippen molar-refractivity contribution in [2.24, 2.45) is 17.3 Å². The molecule has 27 heavy (non-hydrogen) atoms. The van der Waals surface area contributed by atoms with Crippen molar-refractivity contribution >= 4 is 11.6 Å². The molecular weight excluding hydrogens is 338 g/mol. The molecule has 0 unspecified atom stereocenters. The second-order valence-electron chi connectivity index (χ2n) is 9.96. The molecule has 5 aliphatic rings. The zero-order chi connectivity index (χ0) is 18.5. The van der Waals surface area contributed by atoms with Crippen molar-refractivity contribution < 1.29 is 14.6 Å². The number of carbonyl (C=O) groups excluding carboxylic acids is 1. The Morgan fingerprint density at radius 1 is 1.15 bits per heavy atom. The molecule has 4 bridgehead atoms. The Morgan fingerprint density at radius 2 is 1.89 bits per heavy atom. The zero-order valence-corrected chi connectivity index (χ0v) is 16.1. The molecular formula is C23H31NO3. The van der Waals surface area contributed by atoms with Crippen LogP contribution in [0.25, 0.3) is 0 Å². The number of hydrogen-bond donors (Lipinski definition) is 2. The van der Waals surface area contributed by atoms with Crippen LogP contribution in [0.2, 0.25) is 0 Å². The first-order valence-corrected chi connectivity index (χ1v) is 10.8. The molecule has 1 aromatic rings. The van der Waals surface area contributed by atoms with Crippen LogP contribution in [-0.4, -0.2) is 22.7 Å². The molecule has 0 heterocycles. The van der Waals surface area contributed by atoms with Gasteiger partial charge in [0.2, 0.25) is 5.91 Å². The number of aliphatic hydroxyl groups is 1. The van der Waals surface area contributed by atoms with Gasteiger partial charge in [-0.2, -0.15) is 0 Å². The topological polar surface area (TPSA) is 58.6 Å². The van der Waals surface area contributed by atoms with Gasteiger partial charge in [0.25, 0.3) is 0 Å². The number of benzene rings is 1. The Kier molecular flexibility index (Phi) is 4.23. The summed E-state index contributed by atoms with van der Waals surface area (Å²) in [5.41, 5.74) is 0.333. The molecule has 5 aliphatic carbocycles. The fourth-order valence-electron chi connectivity index (χ4n) is 7.00. The number of carbonyl (C=O) groups is 1. The van der Waals surface area contributed by atoms with Crippen LogP contribution < -0.4 is 10.1 Å². The molecule has 1 amide bonds. The molecule has 4 heteroatoms. The summed E-state index contributed by atoms with van der Waals surface area (Å²) in [4.78, 5) is 12.8. The van der Waals surface area contributed by atoms with Gasteiger partial charge in [-0.05, 0) is 93.6 Å². The Labute approximate surface area is 161 Å². The lowest BCUT2D eigenvalue weighted by molar-refractivity contribution is -0.167. The third-order valence-electron chi connectivity index (χ3n) is 7.41. The van der Waals surface area contributed by atoms with Gasteiger partial charge in [-0.25, -0.2) is 0 Å². The van der Waals surface area contributed by atoms with Crippen molar-refractivity contribution in [1.29, 1.82) is 0 Å². The third-order valence-corrected chi connectivity index (χ3v) is 7.41. The van der Waals surface area contributed by atoms with Crippen LogP contribution in [-0.2, 0) is 4.79 Å². The van der Waals surface area contributed by atoms with E-state index in [1.54, 1.807) is 0 Å². The quantitative estimate of drug-likeness (QED) is 0.793. The number of anilines is 1. The van der Waals surface area contributed by atoms with E-state index in [2.05, 4.69) is 5.32 Å². The molecule has 0 aromatic heterocycles. The van der Waals surface area contributed by atoms with Gasteiger partial charge in [0, 0.05) is 18.2 Å². The number of rotatable bonds is 5. The van der Waals surface area contributed by atoms with E-state index in [1.807, 2.05) is 24.3 Å².